The third kappa shape index (κ3) is 3.84. The van der Waals surface area contributed by atoms with Gasteiger partial charge < -0.3 is 10.3 Å². The number of nitrogens with one attached hydrogen (secondary N) is 2. The summed E-state index contributed by atoms with van der Waals surface area (Å²) in [6.45, 7) is 2.92. The monoisotopic (exact) mass is 438 g/mol. The summed E-state index contributed by atoms with van der Waals surface area (Å²) in [4.78, 5) is 29.2. The standard InChI is InChI=1S/C27H26N4O2/c1-2-30-24-14-8-9-15-25(24)31(27(30)33)18-26(32)29-16-21(19-10-4-3-5-11-19)22-17-28-23-13-7-6-12-20(22)23/h3-15,17,21,28H,2,16,18H2,1H3,(H,29,32)/t21-/m1/s1. The molecule has 166 valence electrons. The molecule has 5 rings (SSSR count). The maximum atomic E-state index is 13.0. The molecular formula is C27H26N4O2. The first-order chi connectivity index (χ1) is 16.2. The highest BCUT2D eigenvalue weighted by Crippen LogP contribution is 2.30. The van der Waals surface area contributed by atoms with Gasteiger partial charge in [-0.1, -0.05) is 60.7 Å². The van der Waals surface area contributed by atoms with Gasteiger partial charge in [-0.2, -0.15) is 0 Å². The van der Waals surface area contributed by atoms with Crippen LogP contribution in [0.15, 0.2) is 89.9 Å². The molecule has 6 nitrogen and oxygen atoms in total. The fourth-order valence-corrected chi connectivity index (χ4v) is 4.62. The third-order valence-corrected chi connectivity index (χ3v) is 6.25. The molecule has 0 bridgehead atoms. The van der Waals surface area contributed by atoms with Crippen molar-refractivity contribution in [2.45, 2.75) is 25.9 Å². The summed E-state index contributed by atoms with van der Waals surface area (Å²) in [5, 5.41) is 4.22. The Morgan fingerprint density at radius 1 is 0.909 bits per heavy atom. The molecule has 5 aromatic rings. The fraction of sp³-hybridized carbons (Fsp3) is 0.185. The maximum absolute atomic E-state index is 13.0. The molecule has 0 fully saturated rings. The number of fused-ring (bicyclic) bond motifs is 2. The van der Waals surface area contributed by atoms with Crippen molar-refractivity contribution in [3.8, 4) is 0 Å². The molecule has 1 amide bonds. The number of carbonyl (C=O) groups excluding carboxylic acids is 1. The summed E-state index contributed by atoms with van der Waals surface area (Å²) in [5.41, 5.74) is 4.79. The van der Waals surface area contributed by atoms with Gasteiger partial charge in [0.25, 0.3) is 0 Å². The predicted molar refractivity (Wildman–Crippen MR) is 131 cm³/mol. The van der Waals surface area contributed by atoms with Crippen LogP contribution < -0.4 is 11.0 Å². The van der Waals surface area contributed by atoms with E-state index in [0.717, 1.165) is 33.1 Å². The van der Waals surface area contributed by atoms with Crippen molar-refractivity contribution in [2.24, 2.45) is 0 Å². The SMILES string of the molecule is CCn1c(=O)n(CC(=O)NC[C@H](c2ccccc2)c2c[nH]c3ccccc23)c2ccccc21. The van der Waals surface area contributed by atoms with Crippen molar-refractivity contribution >= 4 is 27.8 Å². The number of benzene rings is 3. The summed E-state index contributed by atoms with van der Waals surface area (Å²) in [7, 11) is 0. The van der Waals surface area contributed by atoms with Crippen LogP contribution >= 0.6 is 0 Å². The zero-order valence-electron chi connectivity index (χ0n) is 18.5. The molecule has 6 heteroatoms. The van der Waals surface area contributed by atoms with Crippen molar-refractivity contribution in [1.82, 2.24) is 19.4 Å². The highest BCUT2D eigenvalue weighted by Gasteiger charge is 2.20. The van der Waals surface area contributed by atoms with Gasteiger partial charge >= 0.3 is 5.69 Å². The Bertz CT molecular complexity index is 1480. The van der Waals surface area contributed by atoms with Gasteiger partial charge in [0, 0.05) is 36.1 Å². The zero-order chi connectivity index (χ0) is 22.8. The number of imidazole rings is 1. The lowest BCUT2D eigenvalue weighted by Crippen LogP contribution is -2.35. The average Bonchev–Trinajstić information content (AvgIpc) is 3.39. The molecule has 0 spiro atoms. The molecule has 0 aliphatic rings. The second kappa shape index (κ2) is 8.82. The number of hydrogen-bond donors (Lipinski definition) is 2. The number of amides is 1. The van der Waals surface area contributed by atoms with E-state index >= 15 is 0 Å². The van der Waals surface area contributed by atoms with E-state index in [0.29, 0.717) is 13.1 Å². The van der Waals surface area contributed by atoms with E-state index in [9.17, 15) is 9.59 Å². The second-order valence-corrected chi connectivity index (χ2v) is 8.16. The van der Waals surface area contributed by atoms with Crippen LogP contribution in [0.2, 0.25) is 0 Å². The number of rotatable bonds is 7. The van der Waals surface area contributed by atoms with Crippen LogP contribution in [0.25, 0.3) is 21.9 Å². The van der Waals surface area contributed by atoms with Crippen molar-refractivity contribution in [2.75, 3.05) is 6.54 Å². The Labute approximate surface area is 191 Å². The Hall–Kier alpha value is -4.06. The molecule has 3 aromatic carbocycles. The molecular weight excluding hydrogens is 412 g/mol. The summed E-state index contributed by atoms with van der Waals surface area (Å²) in [6.07, 6.45) is 2.02. The number of aromatic amines is 1. The van der Waals surface area contributed by atoms with E-state index in [1.165, 1.54) is 0 Å². The zero-order valence-corrected chi connectivity index (χ0v) is 18.5. The van der Waals surface area contributed by atoms with Crippen LogP contribution in [0, 0.1) is 0 Å². The molecule has 0 aliphatic carbocycles. The van der Waals surface area contributed by atoms with E-state index in [1.54, 1.807) is 9.13 Å². The average molecular weight is 439 g/mol. The van der Waals surface area contributed by atoms with Crippen LogP contribution in [0.3, 0.4) is 0 Å². The molecule has 2 heterocycles. The Morgan fingerprint density at radius 3 is 2.33 bits per heavy atom. The smallest absolute Gasteiger partial charge is 0.329 e. The van der Waals surface area contributed by atoms with Gasteiger partial charge in [-0.3, -0.25) is 13.9 Å². The lowest BCUT2D eigenvalue weighted by atomic mass is 9.91. The first kappa shape index (κ1) is 20.8. The van der Waals surface area contributed by atoms with Crippen molar-refractivity contribution < 1.29 is 4.79 Å². The molecule has 33 heavy (non-hydrogen) atoms. The van der Waals surface area contributed by atoms with Crippen molar-refractivity contribution in [1.29, 1.82) is 0 Å². The number of hydrogen-bond acceptors (Lipinski definition) is 2. The van der Waals surface area contributed by atoms with Gasteiger partial charge in [0.15, 0.2) is 0 Å². The molecule has 0 radical (unpaired) electrons. The van der Waals surface area contributed by atoms with E-state index in [-0.39, 0.29) is 24.1 Å². The first-order valence-corrected chi connectivity index (χ1v) is 11.2. The highest BCUT2D eigenvalue weighted by molar-refractivity contribution is 5.85. The lowest BCUT2D eigenvalue weighted by Gasteiger charge is -2.18. The Balaban J connectivity index is 1.42. The van der Waals surface area contributed by atoms with Gasteiger partial charge in [-0.05, 0) is 36.2 Å². The number of nitrogens with zero attached hydrogens (tertiary/aromatic N) is 2. The van der Waals surface area contributed by atoms with Gasteiger partial charge in [-0.15, -0.1) is 0 Å². The lowest BCUT2D eigenvalue weighted by molar-refractivity contribution is -0.121. The maximum Gasteiger partial charge on any atom is 0.329 e. The highest BCUT2D eigenvalue weighted by atomic mass is 16.2. The predicted octanol–water partition coefficient (Wildman–Crippen LogP) is 4.25. The molecule has 0 unspecified atom stereocenters. The topological polar surface area (TPSA) is 71.8 Å². The van der Waals surface area contributed by atoms with Crippen LogP contribution in [0.1, 0.15) is 24.0 Å². The van der Waals surface area contributed by atoms with Gasteiger partial charge in [0.2, 0.25) is 5.91 Å². The molecule has 0 saturated carbocycles. The van der Waals surface area contributed by atoms with Crippen LogP contribution in [-0.2, 0) is 17.9 Å². The number of carbonyl (C=O) groups is 1. The number of aromatic nitrogens is 3. The van der Waals surface area contributed by atoms with Gasteiger partial charge in [0.1, 0.15) is 6.54 Å². The Kier molecular flexibility index (Phi) is 5.57. The summed E-state index contributed by atoms with van der Waals surface area (Å²) in [6, 6.07) is 25.9. The van der Waals surface area contributed by atoms with Crippen molar-refractivity contribution in [3.05, 3.63) is 107 Å². The molecule has 0 aliphatic heterocycles. The van der Waals surface area contributed by atoms with E-state index in [4.69, 9.17) is 0 Å². The fourth-order valence-electron chi connectivity index (χ4n) is 4.62. The van der Waals surface area contributed by atoms with Gasteiger partial charge in [-0.25, -0.2) is 4.79 Å². The molecule has 0 saturated heterocycles. The van der Waals surface area contributed by atoms with E-state index < -0.39 is 0 Å². The third-order valence-electron chi connectivity index (χ3n) is 6.25. The summed E-state index contributed by atoms with van der Waals surface area (Å²) < 4.78 is 3.25. The minimum Gasteiger partial charge on any atom is -0.361 e. The number of aryl methyl sites for hydroxylation is 1. The minimum absolute atomic E-state index is 0.0122. The molecule has 1 atom stereocenters. The number of H-pyrrole nitrogens is 1. The second-order valence-electron chi connectivity index (χ2n) is 8.16. The van der Waals surface area contributed by atoms with E-state index in [1.807, 2.05) is 67.7 Å². The number of para-hydroxylation sites is 3. The molecule has 2 N–H and O–H groups in total. The normalized spacial score (nSPS) is 12.3. The first-order valence-electron chi connectivity index (χ1n) is 11.2. The largest absolute Gasteiger partial charge is 0.361 e. The van der Waals surface area contributed by atoms with E-state index in [2.05, 4.69) is 34.6 Å². The summed E-state index contributed by atoms with van der Waals surface area (Å²) in [5.74, 6) is -0.197. The van der Waals surface area contributed by atoms with Crippen LogP contribution in [-0.4, -0.2) is 26.6 Å². The molecule has 2 aromatic heterocycles. The van der Waals surface area contributed by atoms with Crippen LogP contribution in [0.5, 0.6) is 0 Å². The minimum atomic E-state index is -0.183. The quantitative estimate of drug-likeness (QED) is 0.399. The van der Waals surface area contributed by atoms with Crippen molar-refractivity contribution in [3.63, 3.8) is 0 Å². The van der Waals surface area contributed by atoms with Crippen LogP contribution in [0.4, 0.5) is 0 Å². The Morgan fingerprint density at radius 2 is 1.58 bits per heavy atom. The van der Waals surface area contributed by atoms with Gasteiger partial charge in [0.05, 0.1) is 11.0 Å². The summed E-state index contributed by atoms with van der Waals surface area (Å²) >= 11 is 0.